The summed E-state index contributed by atoms with van der Waals surface area (Å²) in [6, 6.07) is 9.01. The van der Waals surface area contributed by atoms with Gasteiger partial charge in [-0.15, -0.1) is 0 Å². The molecule has 0 bridgehead atoms. The third-order valence-corrected chi connectivity index (χ3v) is 3.94. The second kappa shape index (κ2) is 8.02. The summed E-state index contributed by atoms with van der Waals surface area (Å²) in [5.41, 5.74) is 0.672. The standard InChI is InChI=1S/C17H19N3O4/c1-24-15-4-2-3-14(9-15)19-11-13(10-18)16(21)20-7-5-12(6-8-20)17(22)23/h2-4,9,11-12,19H,5-8H2,1H3,(H,22,23)/b13-11-. The Balaban J connectivity index is 2.01. The van der Waals surface area contributed by atoms with Gasteiger partial charge in [0, 0.05) is 31.0 Å². The molecule has 0 spiro atoms. The van der Waals surface area contributed by atoms with Crippen LogP contribution in [0.5, 0.6) is 5.75 Å². The molecule has 1 aromatic rings. The summed E-state index contributed by atoms with van der Waals surface area (Å²) in [6.07, 6.45) is 2.17. The molecule has 126 valence electrons. The summed E-state index contributed by atoms with van der Waals surface area (Å²) in [5, 5.41) is 21.1. The Morgan fingerprint density at radius 1 is 1.42 bits per heavy atom. The lowest BCUT2D eigenvalue weighted by molar-refractivity contribution is -0.145. The van der Waals surface area contributed by atoms with Crippen LogP contribution in [0.25, 0.3) is 0 Å². The predicted octanol–water partition coefficient (Wildman–Crippen LogP) is 1.84. The maximum Gasteiger partial charge on any atom is 0.306 e. The number of anilines is 1. The van der Waals surface area contributed by atoms with E-state index >= 15 is 0 Å². The predicted molar refractivity (Wildman–Crippen MR) is 87.3 cm³/mol. The minimum Gasteiger partial charge on any atom is -0.497 e. The second-order valence-electron chi connectivity index (χ2n) is 5.45. The van der Waals surface area contributed by atoms with Crippen LogP contribution in [0.2, 0.25) is 0 Å². The highest BCUT2D eigenvalue weighted by atomic mass is 16.5. The Morgan fingerprint density at radius 2 is 2.12 bits per heavy atom. The van der Waals surface area contributed by atoms with Gasteiger partial charge < -0.3 is 20.1 Å². The third kappa shape index (κ3) is 4.26. The summed E-state index contributed by atoms with van der Waals surface area (Å²) in [6.45, 7) is 0.682. The van der Waals surface area contributed by atoms with Crippen molar-refractivity contribution < 1.29 is 19.4 Å². The molecule has 1 aliphatic rings. The Morgan fingerprint density at radius 3 is 2.71 bits per heavy atom. The Bertz CT molecular complexity index is 685. The van der Waals surface area contributed by atoms with E-state index in [0.717, 1.165) is 0 Å². The first kappa shape index (κ1) is 17.3. The van der Waals surface area contributed by atoms with Crippen molar-refractivity contribution >= 4 is 17.6 Å². The van der Waals surface area contributed by atoms with Crippen molar-refractivity contribution in [3.63, 3.8) is 0 Å². The maximum absolute atomic E-state index is 12.4. The summed E-state index contributed by atoms with van der Waals surface area (Å²) < 4.78 is 5.11. The lowest BCUT2D eigenvalue weighted by Crippen LogP contribution is -2.40. The zero-order valence-corrected chi connectivity index (χ0v) is 13.4. The molecule has 1 amide bonds. The number of ether oxygens (including phenoxy) is 1. The minimum absolute atomic E-state index is 0.0217. The van der Waals surface area contributed by atoms with Crippen molar-refractivity contribution in [1.29, 1.82) is 5.26 Å². The number of hydrogen-bond acceptors (Lipinski definition) is 5. The Kier molecular flexibility index (Phi) is 5.79. The lowest BCUT2D eigenvalue weighted by Gasteiger charge is -2.29. The van der Waals surface area contributed by atoms with Crippen LogP contribution in [-0.2, 0) is 9.59 Å². The highest BCUT2D eigenvalue weighted by molar-refractivity contribution is 5.97. The number of carboxylic acids is 1. The van der Waals surface area contributed by atoms with Gasteiger partial charge in [0.15, 0.2) is 0 Å². The first-order valence-corrected chi connectivity index (χ1v) is 7.58. The van der Waals surface area contributed by atoms with E-state index in [9.17, 15) is 14.9 Å². The molecule has 1 fully saturated rings. The number of nitriles is 1. The van der Waals surface area contributed by atoms with Gasteiger partial charge in [-0.25, -0.2) is 0 Å². The van der Waals surface area contributed by atoms with Gasteiger partial charge in [-0.1, -0.05) is 6.07 Å². The van der Waals surface area contributed by atoms with Crippen LogP contribution in [0.15, 0.2) is 36.0 Å². The molecule has 0 radical (unpaired) electrons. The average Bonchev–Trinajstić information content (AvgIpc) is 2.62. The van der Waals surface area contributed by atoms with E-state index in [2.05, 4.69) is 5.32 Å². The zero-order valence-electron chi connectivity index (χ0n) is 13.4. The fourth-order valence-corrected chi connectivity index (χ4v) is 2.51. The van der Waals surface area contributed by atoms with Crippen LogP contribution in [0.4, 0.5) is 5.69 Å². The number of likely N-dealkylation sites (tertiary alicyclic amines) is 1. The fraction of sp³-hybridized carbons (Fsp3) is 0.353. The number of carbonyl (C=O) groups excluding carboxylic acids is 1. The van der Waals surface area contributed by atoms with Crippen LogP contribution in [0.1, 0.15) is 12.8 Å². The molecule has 0 saturated carbocycles. The molecule has 7 nitrogen and oxygen atoms in total. The average molecular weight is 329 g/mol. The van der Waals surface area contributed by atoms with Crippen LogP contribution < -0.4 is 10.1 Å². The van der Waals surface area contributed by atoms with Gasteiger partial charge in [-0.05, 0) is 25.0 Å². The number of amides is 1. The van der Waals surface area contributed by atoms with Gasteiger partial charge >= 0.3 is 5.97 Å². The van der Waals surface area contributed by atoms with Gasteiger partial charge in [-0.3, -0.25) is 9.59 Å². The van der Waals surface area contributed by atoms with Gasteiger partial charge in [0.1, 0.15) is 17.4 Å². The SMILES string of the molecule is COc1cccc(N/C=C(/C#N)C(=O)N2CCC(C(=O)O)CC2)c1. The van der Waals surface area contributed by atoms with Gasteiger partial charge in [0.25, 0.3) is 5.91 Å². The molecule has 0 atom stereocenters. The van der Waals surface area contributed by atoms with Crippen LogP contribution in [0, 0.1) is 17.2 Å². The number of methoxy groups -OCH3 is 1. The second-order valence-corrected chi connectivity index (χ2v) is 5.45. The van der Waals surface area contributed by atoms with Crippen LogP contribution in [0.3, 0.4) is 0 Å². The van der Waals surface area contributed by atoms with Gasteiger partial charge in [-0.2, -0.15) is 5.26 Å². The smallest absolute Gasteiger partial charge is 0.306 e. The molecule has 1 aromatic carbocycles. The minimum atomic E-state index is -0.835. The zero-order chi connectivity index (χ0) is 17.5. The number of hydrogen-bond donors (Lipinski definition) is 2. The van der Waals surface area contributed by atoms with E-state index in [0.29, 0.717) is 37.4 Å². The fourth-order valence-electron chi connectivity index (χ4n) is 2.51. The molecule has 0 unspecified atom stereocenters. The highest BCUT2D eigenvalue weighted by Crippen LogP contribution is 2.20. The summed E-state index contributed by atoms with van der Waals surface area (Å²) >= 11 is 0. The number of nitrogens with zero attached hydrogens (tertiary/aromatic N) is 2. The van der Waals surface area contributed by atoms with E-state index in [1.807, 2.05) is 6.07 Å². The molecular formula is C17H19N3O4. The highest BCUT2D eigenvalue weighted by Gasteiger charge is 2.28. The number of rotatable bonds is 5. The Hall–Kier alpha value is -3.01. The number of nitrogens with one attached hydrogen (secondary N) is 1. The number of piperidine rings is 1. The quantitative estimate of drug-likeness (QED) is 0.631. The number of carboxylic acid groups (broad SMARTS) is 1. The van der Waals surface area contributed by atoms with Crippen molar-refractivity contribution in [3.05, 3.63) is 36.0 Å². The van der Waals surface area contributed by atoms with Crippen molar-refractivity contribution in [2.75, 3.05) is 25.5 Å². The first-order chi connectivity index (χ1) is 11.5. The van der Waals surface area contributed by atoms with E-state index in [-0.39, 0.29) is 5.57 Å². The molecule has 7 heteroatoms. The molecule has 0 aromatic heterocycles. The van der Waals surface area contributed by atoms with E-state index < -0.39 is 17.8 Å². The summed E-state index contributed by atoms with van der Waals surface area (Å²) in [4.78, 5) is 24.8. The summed E-state index contributed by atoms with van der Waals surface area (Å²) in [7, 11) is 1.56. The summed E-state index contributed by atoms with van der Waals surface area (Å²) in [5.74, 6) is -0.984. The molecule has 2 rings (SSSR count). The first-order valence-electron chi connectivity index (χ1n) is 7.58. The van der Waals surface area contributed by atoms with E-state index in [1.54, 1.807) is 31.4 Å². The molecular weight excluding hydrogens is 310 g/mol. The molecule has 1 heterocycles. The third-order valence-electron chi connectivity index (χ3n) is 3.94. The number of benzene rings is 1. The molecule has 2 N–H and O–H groups in total. The van der Waals surface area contributed by atoms with Crippen LogP contribution in [-0.4, -0.2) is 42.1 Å². The molecule has 1 aliphatic heterocycles. The molecule has 1 saturated heterocycles. The topological polar surface area (TPSA) is 103 Å². The maximum atomic E-state index is 12.4. The van der Waals surface area contributed by atoms with Crippen molar-refractivity contribution in [2.24, 2.45) is 5.92 Å². The number of aliphatic carboxylic acids is 1. The van der Waals surface area contributed by atoms with Crippen molar-refractivity contribution in [3.8, 4) is 11.8 Å². The molecule has 24 heavy (non-hydrogen) atoms. The van der Waals surface area contributed by atoms with Crippen LogP contribution >= 0.6 is 0 Å². The molecule has 0 aliphatic carbocycles. The Labute approximate surface area is 140 Å². The largest absolute Gasteiger partial charge is 0.497 e. The monoisotopic (exact) mass is 329 g/mol. The van der Waals surface area contributed by atoms with Crippen molar-refractivity contribution in [1.82, 2.24) is 4.90 Å². The van der Waals surface area contributed by atoms with E-state index in [4.69, 9.17) is 9.84 Å². The normalized spacial score (nSPS) is 15.5. The van der Waals surface area contributed by atoms with Gasteiger partial charge in [0.05, 0.1) is 13.0 Å². The van der Waals surface area contributed by atoms with Gasteiger partial charge in [0.2, 0.25) is 0 Å². The van der Waals surface area contributed by atoms with E-state index in [1.165, 1.54) is 11.1 Å². The van der Waals surface area contributed by atoms with Crippen molar-refractivity contribution in [2.45, 2.75) is 12.8 Å². The number of carbonyl (C=O) groups is 2. The lowest BCUT2D eigenvalue weighted by atomic mass is 9.97.